The number of hydrogen-bond donors (Lipinski definition) is 2. The van der Waals surface area contributed by atoms with Crippen molar-refractivity contribution in [1.29, 1.82) is 0 Å². The summed E-state index contributed by atoms with van der Waals surface area (Å²) in [5, 5.41) is 24.8. The molecule has 1 saturated heterocycles. The molecule has 2 aromatic rings. The number of aliphatic hydroxyl groups excluding tert-OH is 2. The molecule has 0 aromatic heterocycles. The highest BCUT2D eigenvalue weighted by Gasteiger charge is 2.65. The smallest absolute Gasteiger partial charge is 0.254 e. The summed E-state index contributed by atoms with van der Waals surface area (Å²) in [5.41, 5.74) is 3.17. The molecule has 2 aromatic carbocycles. The van der Waals surface area contributed by atoms with Gasteiger partial charge in [-0.15, -0.1) is 6.58 Å². The monoisotopic (exact) mass is 800 g/mol. The zero-order chi connectivity index (χ0) is 40.5. The van der Waals surface area contributed by atoms with Crippen LogP contribution in [0.15, 0.2) is 78.5 Å². The Morgan fingerprint density at radius 1 is 0.983 bits per heavy atom. The fourth-order valence-corrected chi connectivity index (χ4v) is 9.65. The topological polar surface area (TPSA) is 138 Å². The summed E-state index contributed by atoms with van der Waals surface area (Å²) in [7, 11) is 0. The molecule has 2 fully saturated rings. The Labute approximate surface area is 342 Å². The summed E-state index contributed by atoms with van der Waals surface area (Å²) in [5.74, 6) is 0.548. The Kier molecular flexibility index (Phi) is 14.1. The van der Waals surface area contributed by atoms with Crippen LogP contribution in [0.4, 0.5) is 0 Å². The van der Waals surface area contributed by atoms with Crippen molar-refractivity contribution >= 4 is 11.6 Å². The molecule has 5 aliphatic rings. The van der Waals surface area contributed by atoms with Crippen LogP contribution in [0.1, 0.15) is 99.4 Å². The number of benzene rings is 2. The van der Waals surface area contributed by atoms with Gasteiger partial charge in [0.2, 0.25) is 18.9 Å². The van der Waals surface area contributed by atoms with Crippen LogP contribution in [0.25, 0.3) is 0 Å². The molecule has 314 valence electrons. The maximum atomic E-state index is 15.0. The Balaban J connectivity index is 1.44. The summed E-state index contributed by atoms with van der Waals surface area (Å²) in [4.78, 5) is 23.2. The molecular formula is C46H60N2O10. The summed E-state index contributed by atoms with van der Waals surface area (Å²) in [6.07, 6.45) is 13.8. The van der Waals surface area contributed by atoms with E-state index in [-0.39, 0.29) is 50.3 Å². The molecule has 2 aliphatic carbocycles. The zero-order valence-corrected chi connectivity index (χ0v) is 33.9. The predicted molar refractivity (Wildman–Crippen MR) is 219 cm³/mol. The molecule has 0 bridgehead atoms. The van der Waals surface area contributed by atoms with E-state index in [0.717, 1.165) is 61.8 Å². The number of hydrogen-bond acceptors (Lipinski definition) is 11. The van der Waals surface area contributed by atoms with Gasteiger partial charge in [-0.3, -0.25) is 4.79 Å². The number of allylic oxidation sites excluding steroid dienone is 1. The minimum atomic E-state index is -1.37. The third-order valence-corrected chi connectivity index (χ3v) is 12.2. The number of amides is 1. The van der Waals surface area contributed by atoms with Gasteiger partial charge in [-0.2, -0.15) is 0 Å². The number of aliphatic hydroxyl groups is 2. The normalized spacial score (nSPS) is 27.4. The van der Waals surface area contributed by atoms with Crippen molar-refractivity contribution in [2.75, 3.05) is 46.4 Å². The molecule has 12 nitrogen and oxygen atoms in total. The molecular weight excluding hydrogens is 741 g/mol. The van der Waals surface area contributed by atoms with E-state index in [4.69, 9.17) is 38.4 Å². The Morgan fingerprint density at radius 3 is 2.53 bits per heavy atom. The molecule has 1 saturated carbocycles. The highest BCUT2D eigenvalue weighted by molar-refractivity contribution is 6.03. The largest absolute Gasteiger partial charge is 0.490 e. The molecule has 3 aliphatic heterocycles. The standard InChI is InChI=1S/C46H60N2O10/c1-4-20-48(45(51)32-16-18-39-40(27-32)55-30-54-39)41-29-37(47-58-42-15-9-12-25-53-42)35-26-31(13-7-10-21-49)34(14-8-11-22-50)43-36-28-33(52-23-5-2)17-19-38(36)57-46(41,44(35)43)56-24-6-3/h5-6,16-19,26-28,31,34,41-44,49-50H,2-4,7-15,20-25,29-30H2,1H3/t31-,34+,41-,42?,43+,44+,46+/m0/s1. The minimum absolute atomic E-state index is 0.0924. The molecule has 2 N–H and O–H groups in total. The number of fused-ring (bicyclic) bond motifs is 3. The van der Waals surface area contributed by atoms with Gasteiger partial charge in [0.1, 0.15) is 24.1 Å². The van der Waals surface area contributed by atoms with Crippen LogP contribution in [0.3, 0.4) is 0 Å². The van der Waals surface area contributed by atoms with Crippen LogP contribution in [-0.2, 0) is 14.3 Å². The number of oxime groups is 1. The van der Waals surface area contributed by atoms with Crippen molar-refractivity contribution in [2.24, 2.45) is 22.9 Å². The zero-order valence-electron chi connectivity index (χ0n) is 33.9. The van der Waals surface area contributed by atoms with Gasteiger partial charge in [0, 0.05) is 49.6 Å². The van der Waals surface area contributed by atoms with Crippen molar-refractivity contribution in [3.63, 3.8) is 0 Å². The van der Waals surface area contributed by atoms with Crippen molar-refractivity contribution in [2.45, 2.75) is 102 Å². The molecule has 12 heteroatoms. The van der Waals surface area contributed by atoms with E-state index in [0.29, 0.717) is 74.0 Å². The first-order chi connectivity index (χ1) is 28.5. The second kappa shape index (κ2) is 19.6. The molecule has 1 amide bonds. The van der Waals surface area contributed by atoms with Gasteiger partial charge in [0.25, 0.3) is 5.91 Å². The summed E-state index contributed by atoms with van der Waals surface area (Å²) in [6, 6.07) is 10.6. The van der Waals surface area contributed by atoms with Crippen LogP contribution in [0, 0.1) is 17.8 Å². The lowest BCUT2D eigenvalue weighted by molar-refractivity contribution is -0.254. The molecule has 7 atom stereocenters. The fourth-order valence-electron chi connectivity index (χ4n) is 9.65. The predicted octanol–water partition coefficient (Wildman–Crippen LogP) is 7.69. The van der Waals surface area contributed by atoms with E-state index in [1.54, 1.807) is 30.4 Å². The van der Waals surface area contributed by atoms with Gasteiger partial charge >= 0.3 is 0 Å². The third kappa shape index (κ3) is 8.66. The van der Waals surface area contributed by atoms with E-state index < -0.39 is 24.0 Å². The summed E-state index contributed by atoms with van der Waals surface area (Å²) < 4.78 is 37.9. The van der Waals surface area contributed by atoms with E-state index >= 15 is 4.79 Å². The quantitative estimate of drug-likeness (QED) is 0.0779. The fraction of sp³-hybridized carbons (Fsp3) is 0.565. The van der Waals surface area contributed by atoms with Crippen molar-refractivity contribution < 1.29 is 48.3 Å². The average molecular weight is 801 g/mol. The molecule has 58 heavy (non-hydrogen) atoms. The second-order valence-electron chi connectivity index (χ2n) is 15.8. The Bertz CT molecular complexity index is 1810. The van der Waals surface area contributed by atoms with Crippen molar-refractivity contribution in [3.05, 3.63) is 84.5 Å². The van der Waals surface area contributed by atoms with Crippen LogP contribution in [-0.4, -0.2) is 91.2 Å². The van der Waals surface area contributed by atoms with Crippen LogP contribution in [0.2, 0.25) is 0 Å². The number of nitrogens with zero attached hydrogens (tertiary/aromatic N) is 2. The number of rotatable bonds is 20. The van der Waals surface area contributed by atoms with Gasteiger partial charge < -0.3 is 48.4 Å². The number of carbonyl (C=O) groups excluding carboxylic acids is 1. The van der Waals surface area contributed by atoms with Crippen LogP contribution >= 0.6 is 0 Å². The third-order valence-electron chi connectivity index (χ3n) is 12.2. The molecule has 1 unspecified atom stereocenters. The lowest BCUT2D eigenvalue weighted by atomic mass is 9.55. The van der Waals surface area contributed by atoms with E-state index in [9.17, 15) is 10.2 Å². The van der Waals surface area contributed by atoms with Crippen LogP contribution < -0.4 is 18.9 Å². The summed E-state index contributed by atoms with van der Waals surface area (Å²) in [6.45, 7) is 11.8. The Hall–Kier alpha value is -4.36. The van der Waals surface area contributed by atoms with Gasteiger partial charge in [-0.1, -0.05) is 49.7 Å². The van der Waals surface area contributed by atoms with E-state index in [2.05, 4.69) is 32.2 Å². The van der Waals surface area contributed by atoms with Gasteiger partial charge in [0.05, 0.1) is 24.8 Å². The highest BCUT2D eigenvalue weighted by Crippen LogP contribution is 2.62. The molecule has 3 heterocycles. The van der Waals surface area contributed by atoms with E-state index in [1.807, 2.05) is 17.0 Å². The SMILES string of the molecule is C=CCOc1ccc2c(c1)[C@H]1[C@H](CCCCO)[C@@H](CCCCO)C=C3C(=NOC4CCCCO4)C[C@H](N(CCC)C(=O)c4ccc5c(c4)OCO5)[C@@](OCC=C)(O2)[C@H]31. The lowest BCUT2D eigenvalue weighted by Gasteiger charge is -2.60. The second-order valence-corrected chi connectivity index (χ2v) is 15.8. The number of ether oxygens (including phenoxy) is 6. The van der Waals surface area contributed by atoms with Gasteiger partial charge in [-0.05, 0) is 98.8 Å². The van der Waals surface area contributed by atoms with Gasteiger partial charge in [0.15, 0.2) is 11.5 Å². The average Bonchev–Trinajstić information content (AvgIpc) is 3.73. The minimum Gasteiger partial charge on any atom is -0.490 e. The van der Waals surface area contributed by atoms with Crippen LogP contribution in [0.5, 0.6) is 23.0 Å². The lowest BCUT2D eigenvalue weighted by Crippen LogP contribution is -2.70. The van der Waals surface area contributed by atoms with Gasteiger partial charge in [-0.25, -0.2) is 0 Å². The molecule has 0 spiro atoms. The molecule has 0 radical (unpaired) electrons. The van der Waals surface area contributed by atoms with E-state index in [1.165, 1.54) is 0 Å². The summed E-state index contributed by atoms with van der Waals surface area (Å²) >= 11 is 0. The number of carbonyl (C=O) groups is 1. The number of unbranched alkanes of at least 4 members (excludes halogenated alkanes) is 2. The first kappa shape index (κ1) is 41.8. The maximum Gasteiger partial charge on any atom is 0.254 e. The van der Waals surface area contributed by atoms with Crippen molar-refractivity contribution in [1.82, 2.24) is 4.90 Å². The Morgan fingerprint density at radius 2 is 1.78 bits per heavy atom. The molecule has 7 rings (SSSR count). The van der Waals surface area contributed by atoms with Crippen molar-refractivity contribution in [3.8, 4) is 23.0 Å². The first-order valence-electron chi connectivity index (χ1n) is 21.3. The first-order valence-corrected chi connectivity index (χ1v) is 21.3. The maximum absolute atomic E-state index is 15.0. The highest BCUT2D eigenvalue weighted by atomic mass is 16.8.